The molecule has 0 atom stereocenters. The number of hydrogen-bond acceptors (Lipinski definition) is 7. The van der Waals surface area contributed by atoms with Gasteiger partial charge in [0.05, 0.1) is 25.8 Å². The number of carboxylic acids is 1. The van der Waals surface area contributed by atoms with Crippen molar-refractivity contribution in [1.82, 2.24) is 0 Å². The van der Waals surface area contributed by atoms with Crippen LogP contribution < -0.4 is 24.1 Å². The molecular formula is C19H15O7-. The van der Waals surface area contributed by atoms with Crippen LogP contribution in [0.2, 0.25) is 0 Å². The lowest BCUT2D eigenvalue weighted by atomic mass is 10.1. The standard InChI is InChI=1S/C19H16O7/c1-23-14-5-3-4-11(19(14)24-2)8-16-18(22)13-7-6-12(9-15(13)26-16)25-10-17(20)21/h3-9H,10H2,1-2H3,(H,20,21)/p-1/b16-8+. The van der Waals surface area contributed by atoms with Gasteiger partial charge < -0.3 is 28.8 Å². The quantitative estimate of drug-likeness (QED) is 0.724. The van der Waals surface area contributed by atoms with E-state index in [1.54, 1.807) is 24.3 Å². The van der Waals surface area contributed by atoms with Gasteiger partial charge in [0, 0.05) is 11.6 Å². The Labute approximate surface area is 149 Å². The molecule has 0 unspecified atom stereocenters. The lowest BCUT2D eigenvalue weighted by Crippen LogP contribution is -2.28. The molecule has 0 aromatic heterocycles. The first-order valence-electron chi connectivity index (χ1n) is 7.65. The molecular weight excluding hydrogens is 340 g/mol. The van der Waals surface area contributed by atoms with Gasteiger partial charge in [-0.1, -0.05) is 12.1 Å². The zero-order valence-electron chi connectivity index (χ0n) is 14.1. The van der Waals surface area contributed by atoms with E-state index in [-0.39, 0.29) is 17.3 Å². The smallest absolute Gasteiger partial charge is 0.231 e. The number of methoxy groups -OCH3 is 2. The van der Waals surface area contributed by atoms with Crippen LogP contribution in [0.4, 0.5) is 0 Å². The number of Topliss-reactive ketones (excluding diaryl/α,β-unsaturated/α-hetero) is 1. The molecule has 7 heteroatoms. The molecule has 1 aliphatic heterocycles. The third-order valence-electron chi connectivity index (χ3n) is 3.72. The highest BCUT2D eigenvalue weighted by Gasteiger charge is 2.28. The Morgan fingerprint density at radius 3 is 2.69 bits per heavy atom. The van der Waals surface area contributed by atoms with Crippen LogP contribution >= 0.6 is 0 Å². The molecule has 134 valence electrons. The molecule has 26 heavy (non-hydrogen) atoms. The van der Waals surface area contributed by atoms with E-state index < -0.39 is 12.6 Å². The van der Waals surface area contributed by atoms with Crippen molar-refractivity contribution in [1.29, 1.82) is 0 Å². The second-order valence-electron chi connectivity index (χ2n) is 5.34. The number of allylic oxidation sites excluding steroid dienone is 1. The molecule has 0 fully saturated rings. The second-order valence-corrected chi connectivity index (χ2v) is 5.34. The molecule has 0 saturated heterocycles. The zero-order valence-corrected chi connectivity index (χ0v) is 14.1. The molecule has 2 aromatic rings. The first-order valence-corrected chi connectivity index (χ1v) is 7.65. The van der Waals surface area contributed by atoms with Crippen LogP contribution in [0.15, 0.2) is 42.2 Å². The number of benzene rings is 2. The normalized spacial score (nSPS) is 13.9. The summed E-state index contributed by atoms with van der Waals surface area (Å²) in [6.45, 7) is -0.587. The van der Waals surface area contributed by atoms with E-state index in [0.29, 0.717) is 28.4 Å². The van der Waals surface area contributed by atoms with Gasteiger partial charge in [-0.05, 0) is 24.3 Å². The topological polar surface area (TPSA) is 94.1 Å². The summed E-state index contributed by atoms with van der Waals surface area (Å²) in [5.41, 5.74) is 0.982. The van der Waals surface area contributed by atoms with E-state index in [1.165, 1.54) is 32.4 Å². The Balaban J connectivity index is 1.90. The first kappa shape index (κ1) is 17.3. The van der Waals surface area contributed by atoms with Gasteiger partial charge in [-0.25, -0.2) is 0 Å². The molecule has 3 rings (SSSR count). The number of carboxylic acid groups (broad SMARTS) is 1. The number of ether oxygens (including phenoxy) is 4. The third-order valence-corrected chi connectivity index (χ3v) is 3.72. The number of ketones is 1. The van der Waals surface area contributed by atoms with E-state index >= 15 is 0 Å². The maximum Gasteiger partial charge on any atom is 0.231 e. The third kappa shape index (κ3) is 3.32. The predicted octanol–water partition coefficient (Wildman–Crippen LogP) is 1.45. The van der Waals surface area contributed by atoms with Crippen LogP contribution in [-0.2, 0) is 4.79 Å². The summed E-state index contributed by atoms with van der Waals surface area (Å²) in [5.74, 6) is 0.0451. The molecule has 2 aromatic carbocycles. The number of carbonyl (C=O) groups is 2. The minimum Gasteiger partial charge on any atom is -0.546 e. The van der Waals surface area contributed by atoms with Crippen LogP contribution in [0.5, 0.6) is 23.0 Å². The van der Waals surface area contributed by atoms with Crippen LogP contribution in [0.1, 0.15) is 15.9 Å². The molecule has 0 radical (unpaired) electrons. The highest BCUT2D eigenvalue weighted by Crippen LogP contribution is 2.37. The highest BCUT2D eigenvalue weighted by atomic mass is 16.5. The summed E-state index contributed by atoms with van der Waals surface area (Å²) in [6.07, 6.45) is 1.56. The monoisotopic (exact) mass is 355 g/mol. The fraction of sp³-hybridized carbons (Fsp3) is 0.158. The molecule has 1 heterocycles. The van der Waals surface area contributed by atoms with Crippen molar-refractivity contribution < 1.29 is 33.6 Å². The average Bonchev–Trinajstić information content (AvgIpc) is 2.94. The first-order chi connectivity index (χ1) is 12.5. The average molecular weight is 355 g/mol. The van der Waals surface area contributed by atoms with Gasteiger partial charge in [0.15, 0.2) is 17.3 Å². The lowest BCUT2D eigenvalue weighted by molar-refractivity contribution is -0.307. The van der Waals surface area contributed by atoms with E-state index in [0.717, 1.165) is 0 Å². The molecule has 0 saturated carbocycles. The Kier molecular flexibility index (Phi) is 4.79. The summed E-state index contributed by atoms with van der Waals surface area (Å²) < 4.78 is 21.2. The summed E-state index contributed by atoms with van der Waals surface area (Å²) in [5, 5.41) is 10.5. The Morgan fingerprint density at radius 2 is 2.00 bits per heavy atom. The molecule has 0 bridgehead atoms. The lowest BCUT2D eigenvalue weighted by Gasteiger charge is -2.10. The number of aliphatic carboxylic acids is 1. The summed E-state index contributed by atoms with van der Waals surface area (Å²) in [6, 6.07) is 9.76. The van der Waals surface area contributed by atoms with Crippen LogP contribution in [-0.4, -0.2) is 32.6 Å². The van der Waals surface area contributed by atoms with Gasteiger partial charge in [0.1, 0.15) is 18.1 Å². The number of fused-ring (bicyclic) bond motifs is 1. The van der Waals surface area contributed by atoms with E-state index in [4.69, 9.17) is 18.9 Å². The molecule has 0 amide bonds. The predicted molar refractivity (Wildman–Crippen MR) is 89.4 cm³/mol. The van der Waals surface area contributed by atoms with Gasteiger partial charge in [-0.3, -0.25) is 4.79 Å². The SMILES string of the molecule is COc1cccc(/C=C2/Oc3cc(OCC(=O)[O-])ccc3C2=O)c1OC. The summed E-state index contributed by atoms with van der Waals surface area (Å²) >= 11 is 0. The van der Waals surface area contributed by atoms with E-state index in [2.05, 4.69) is 0 Å². The van der Waals surface area contributed by atoms with Crippen molar-refractivity contribution in [3.05, 3.63) is 53.3 Å². The number of carbonyl (C=O) groups excluding carboxylic acids is 2. The summed E-state index contributed by atoms with van der Waals surface area (Å²) in [4.78, 5) is 23.0. The number of para-hydroxylation sites is 1. The molecule has 0 N–H and O–H groups in total. The van der Waals surface area contributed by atoms with Gasteiger partial charge in [0.2, 0.25) is 5.78 Å². The minimum absolute atomic E-state index is 0.114. The van der Waals surface area contributed by atoms with Gasteiger partial charge in [-0.15, -0.1) is 0 Å². The van der Waals surface area contributed by atoms with Crippen molar-refractivity contribution in [3.63, 3.8) is 0 Å². The summed E-state index contributed by atoms with van der Waals surface area (Å²) in [7, 11) is 3.03. The van der Waals surface area contributed by atoms with Gasteiger partial charge in [0.25, 0.3) is 0 Å². The van der Waals surface area contributed by atoms with Crippen molar-refractivity contribution >= 4 is 17.8 Å². The minimum atomic E-state index is -1.34. The van der Waals surface area contributed by atoms with E-state index in [1.807, 2.05) is 0 Å². The number of hydrogen-bond donors (Lipinski definition) is 0. The fourth-order valence-electron chi connectivity index (χ4n) is 2.57. The Morgan fingerprint density at radius 1 is 1.19 bits per heavy atom. The number of rotatable bonds is 6. The Hall–Kier alpha value is -3.48. The van der Waals surface area contributed by atoms with Crippen molar-refractivity contribution in [3.8, 4) is 23.0 Å². The van der Waals surface area contributed by atoms with Gasteiger partial charge >= 0.3 is 0 Å². The van der Waals surface area contributed by atoms with Crippen molar-refractivity contribution in [2.45, 2.75) is 0 Å². The van der Waals surface area contributed by atoms with Crippen LogP contribution in [0, 0.1) is 0 Å². The van der Waals surface area contributed by atoms with Gasteiger partial charge in [-0.2, -0.15) is 0 Å². The largest absolute Gasteiger partial charge is 0.546 e. The maximum atomic E-state index is 12.5. The fourth-order valence-corrected chi connectivity index (χ4v) is 2.57. The molecule has 0 aliphatic carbocycles. The van der Waals surface area contributed by atoms with Crippen LogP contribution in [0.3, 0.4) is 0 Å². The maximum absolute atomic E-state index is 12.5. The van der Waals surface area contributed by atoms with Crippen molar-refractivity contribution in [2.24, 2.45) is 0 Å². The van der Waals surface area contributed by atoms with Crippen LogP contribution in [0.25, 0.3) is 6.08 Å². The molecule has 0 spiro atoms. The molecule has 7 nitrogen and oxygen atoms in total. The van der Waals surface area contributed by atoms with E-state index in [9.17, 15) is 14.7 Å². The highest BCUT2D eigenvalue weighted by molar-refractivity contribution is 6.14. The zero-order chi connectivity index (χ0) is 18.7. The second kappa shape index (κ2) is 7.18. The molecule has 1 aliphatic rings. The van der Waals surface area contributed by atoms with Crippen molar-refractivity contribution in [2.75, 3.05) is 20.8 Å². The Bertz CT molecular complexity index is 899.